The first-order chi connectivity index (χ1) is 9.08. The van der Waals surface area contributed by atoms with E-state index in [9.17, 15) is 8.42 Å². The van der Waals surface area contributed by atoms with Gasteiger partial charge in [0.25, 0.3) is 10.2 Å². The monoisotopic (exact) mass is 303 g/mol. The van der Waals surface area contributed by atoms with E-state index in [1.165, 1.54) is 17.1 Å². The molecule has 0 spiro atoms. The van der Waals surface area contributed by atoms with Crippen LogP contribution in [0.2, 0.25) is 0 Å². The van der Waals surface area contributed by atoms with Crippen molar-refractivity contribution in [1.82, 2.24) is 14.3 Å². The molecule has 1 aliphatic rings. The van der Waals surface area contributed by atoms with Crippen molar-refractivity contribution in [2.45, 2.75) is 31.8 Å². The number of hydrogen-bond donors (Lipinski definition) is 2. The van der Waals surface area contributed by atoms with Gasteiger partial charge in [-0.05, 0) is 37.3 Å². The minimum Gasteiger partial charge on any atom is -0.314 e. The molecule has 0 aliphatic heterocycles. The van der Waals surface area contributed by atoms with Crippen LogP contribution in [0.3, 0.4) is 0 Å². The molecule has 2 N–H and O–H groups in total. The van der Waals surface area contributed by atoms with Gasteiger partial charge in [0.15, 0.2) is 0 Å². The minimum absolute atomic E-state index is 0.366. The Morgan fingerprint density at radius 1 is 1.47 bits per heavy atom. The number of rotatable bonds is 9. The third-order valence-electron chi connectivity index (χ3n) is 3.08. The van der Waals surface area contributed by atoms with Gasteiger partial charge in [0.2, 0.25) is 0 Å². The zero-order chi connectivity index (χ0) is 13.7. The summed E-state index contributed by atoms with van der Waals surface area (Å²) in [5, 5.41) is 5.32. The largest absolute Gasteiger partial charge is 0.314 e. The number of nitrogens with zero attached hydrogens (tertiary/aromatic N) is 1. The second-order valence-corrected chi connectivity index (χ2v) is 7.70. The van der Waals surface area contributed by atoms with Crippen LogP contribution in [0.15, 0.2) is 17.5 Å². The molecular weight excluding hydrogens is 282 g/mol. The lowest BCUT2D eigenvalue weighted by molar-refractivity contribution is 0.444. The lowest BCUT2D eigenvalue weighted by Gasteiger charge is -2.17. The maximum absolute atomic E-state index is 12.0. The van der Waals surface area contributed by atoms with Crippen LogP contribution in [0.4, 0.5) is 0 Å². The van der Waals surface area contributed by atoms with Gasteiger partial charge in [-0.1, -0.05) is 6.07 Å². The molecule has 108 valence electrons. The SMILES string of the molecule is CN(CCCNC1CC1)S(=O)(=O)NCc1cccs1. The van der Waals surface area contributed by atoms with Crippen molar-refractivity contribution in [3.05, 3.63) is 22.4 Å². The third-order valence-corrected chi connectivity index (χ3v) is 5.47. The van der Waals surface area contributed by atoms with Crippen molar-refractivity contribution in [3.63, 3.8) is 0 Å². The summed E-state index contributed by atoms with van der Waals surface area (Å²) in [6, 6.07) is 4.52. The van der Waals surface area contributed by atoms with E-state index in [-0.39, 0.29) is 0 Å². The number of thiophene rings is 1. The Morgan fingerprint density at radius 2 is 2.26 bits per heavy atom. The van der Waals surface area contributed by atoms with E-state index in [2.05, 4.69) is 10.0 Å². The van der Waals surface area contributed by atoms with Gasteiger partial charge in [0.1, 0.15) is 0 Å². The van der Waals surface area contributed by atoms with Gasteiger partial charge in [-0.15, -0.1) is 11.3 Å². The lowest BCUT2D eigenvalue weighted by atomic mass is 10.4. The highest BCUT2D eigenvalue weighted by Gasteiger charge is 2.20. The Bertz CT molecular complexity index is 469. The summed E-state index contributed by atoms with van der Waals surface area (Å²) in [4.78, 5) is 1.02. The molecule has 1 saturated carbocycles. The summed E-state index contributed by atoms with van der Waals surface area (Å²) in [6.07, 6.45) is 3.36. The second kappa shape index (κ2) is 6.81. The van der Waals surface area contributed by atoms with Crippen LogP contribution < -0.4 is 10.0 Å². The maximum atomic E-state index is 12.0. The van der Waals surface area contributed by atoms with Gasteiger partial charge in [-0.25, -0.2) is 0 Å². The topological polar surface area (TPSA) is 61.4 Å². The predicted octanol–water partition coefficient (Wildman–Crippen LogP) is 1.16. The Hall–Kier alpha value is -0.470. The Kier molecular flexibility index (Phi) is 5.35. The molecule has 0 aromatic carbocycles. The van der Waals surface area contributed by atoms with Gasteiger partial charge in [0.05, 0.1) is 0 Å². The van der Waals surface area contributed by atoms with E-state index >= 15 is 0 Å². The van der Waals surface area contributed by atoms with Crippen LogP contribution in [0, 0.1) is 0 Å². The van der Waals surface area contributed by atoms with Gasteiger partial charge in [-0.3, -0.25) is 0 Å². The standard InChI is InChI=1S/C12H21N3O2S2/c1-15(8-3-7-13-11-5-6-11)19(16,17)14-10-12-4-2-9-18-12/h2,4,9,11,13-14H,3,5-8,10H2,1H3. The van der Waals surface area contributed by atoms with Crippen molar-refractivity contribution < 1.29 is 8.42 Å². The highest BCUT2D eigenvalue weighted by molar-refractivity contribution is 7.87. The van der Waals surface area contributed by atoms with Gasteiger partial charge in [0, 0.05) is 31.1 Å². The predicted molar refractivity (Wildman–Crippen MR) is 78.4 cm³/mol. The molecule has 1 aromatic heterocycles. The van der Waals surface area contributed by atoms with Crippen molar-refractivity contribution in [2.24, 2.45) is 0 Å². The second-order valence-electron chi connectivity index (χ2n) is 4.81. The molecule has 1 fully saturated rings. The van der Waals surface area contributed by atoms with E-state index in [1.807, 2.05) is 17.5 Å². The number of hydrogen-bond acceptors (Lipinski definition) is 4. The zero-order valence-corrected chi connectivity index (χ0v) is 12.8. The molecule has 0 unspecified atom stereocenters. The van der Waals surface area contributed by atoms with E-state index in [4.69, 9.17) is 0 Å². The van der Waals surface area contributed by atoms with Gasteiger partial charge >= 0.3 is 0 Å². The molecule has 0 atom stereocenters. The highest BCUT2D eigenvalue weighted by atomic mass is 32.2. The summed E-state index contributed by atoms with van der Waals surface area (Å²) < 4.78 is 27.9. The van der Waals surface area contributed by atoms with Crippen molar-refractivity contribution in [2.75, 3.05) is 20.1 Å². The molecule has 5 nitrogen and oxygen atoms in total. The van der Waals surface area contributed by atoms with Crippen molar-refractivity contribution in [3.8, 4) is 0 Å². The summed E-state index contributed by atoms with van der Waals surface area (Å²) in [7, 11) is -1.74. The van der Waals surface area contributed by atoms with E-state index < -0.39 is 10.2 Å². The van der Waals surface area contributed by atoms with Crippen LogP contribution in [0.5, 0.6) is 0 Å². The molecule has 2 rings (SSSR count). The summed E-state index contributed by atoms with van der Waals surface area (Å²) >= 11 is 1.55. The minimum atomic E-state index is -3.36. The van der Waals surface area contributed by atoms with E-state index in [0.29, 0.717) is 19.1 Å². The Morgan fingerprint density at radius 3 is 2.89 bits per heavy atom. The van der Waals surface area contributed by atoms with Crippen LogP contribution >= 0.6 is 11.3 Å². The fraction of sp³-hybridized carbons (Fsp3) is 0.667. The molecule has 0 bridgehead atoms. The van der Waals surface area contributed by atoms with Crippen molar-refractivity contribution >= 4 is 21.5 Å². The first-order valence-corrected chi connectivity index (χ1v) is 8.86. The van der Waals surface area contributed by atoms with Crippen LogP contribution in [0.1, 0.15) is 24.1 Å². The molecule has 0 amide bonds. The Labute approximate surface area is 119 Å². The normalized spacial score (nSPS) is 16.1. The number of nitrogens with one attached hydrogen (secondary N) is 2. The van der Waals surface area contributed by atoms with E-state index in [0.717, 1.165) is 17.8 Å². The van der Waals surface area contributed by atoms with Crippen LogP contribution in [-0.4, -0.2) is 38.9 Å². The first kappa shape index (κ1) is 14.9. The fourth-order valence-electron chi connectivity index (χ4n) is 1.70. The molecule has 0 radical (unpaired) electrons. The van der Waals surface area contributed by atoms with Crippen molar-refractivity contribution in [1.29, 1.82) is 0 Å². The molecule has 19 heavy (non-hydrogen) atoms. The molecule has 1 aliphatic carbocycles. The van der Waals surface area contributed by atoms with Gasteiger partial charge < -0.3 is 5.32 Å². The maximum Gasteiger partial charge on any atom is 0.279 e. The Balaban J connectivity index is 1.67. The molecule has 0 saturated heterocycles. The third kappa shape index (κ3) is 5.19. The molecular formula is C12H21N3O2S2. The summed E-state index contributed by atoms with van der Waals surface area (Å²) in [6.45, 7) is 1.79. The quantitative estimate of drug-likeness (QED) is 0.673. The molecule has 1 aromatic rings. The molecule has 1 heterocycles. The average molecular weight is 303 g/mol. The lowest BCUT2D eigenvalue weighted by Crippen LogP contribution is -2.39. The smallest absolute Gasteiger partial charge is 0.279 e. The van der Waals surface area contributed by atoms with E-state index in [1.54, 1.807) is 18.4 Å². The summed E-state index contributed by atoms with van der Waals surface area (Å²) in [5.41, 5.74) is 0. The first-order valence-electron chi connectivity index (χ1n) is 6.54. The molecule has 7 heteroatoms. The van der Waals surface area contributed by atoms with Crippen LogP contribution in [0.25, 0.3) is 0 Å². The van der Waals surface area contributed by atoms with Gasteiger partial charge in [-0.2, -0.15) is 17.4 Å². The fourth-order valence-corrected chi connectivity index (χ4v) is 3.36. The zero-order valence-electron chi connectivity index (χ0n) is 11.1. The van der Waals surface area contributed by atoms with Crippen LogP contribution in [-0.2, 0) is 16.8 Å². The summed E-state index contributed by atoms with van der Waals surface area (Å²) in [5.74, 6) is 0. The average Bonchev–Trinajstić information content (AvgIpc) is 3.05. The highest BCUT2D eigenvalue weighted by Crippen LogP contribution is 2.18.